The second-order valence-electron chi connectivity index (χ2n) is 5.90. The number of amides is 1. The van der Waals surface area contributed by atoms with Crippen LogP contribution in [0.15, 0.2) is 48.5 Å². The maximum atomic E-state index is 12.8. The number of aliphatic hydroxyl groups excluding tert-OH is 2. The number of carbonyl (C=O) groups is 1. The van der Waals surface area contributed by atoms with Crippen LogP contribution in [0.25, 0.3) is 0 Å². The van der Waals surface area contributed by atoms with Crippen molar-refractivity contribution in [2.75, 3.05) is 12.0 Å². The van der Waals surface area contributed by atoms with Crippen LogP contribution >= 0.6 is 0 Å². The summed E-state index contributed by atoms with van der Waals surface area (Å²) in [5.74, 6) is 5.22. The number of hydrazine groups is 1. The lowest BCUT2D eigenvalue weighted by atomic mass is 10.00. The van der Waals surface area contributed by atoms with Gasteiger partial charge in [-0.1, -0.05) is 36.4 Å². The zero-order valence-corrected chi connectivity index (χ0v) is 14.6. The number of halogens is 3. The van der Waals surface area contributed by atoms with E-state index < -0.39 is 30.0 Å². The van der Waals surface area contributed by atoms with E-state index in [1.54, 1.807) is 24.3 Å². The summed E-state index contributed by atoms with van der Waals surface area (Å²) >= 11 is 0. The summed E-state index contributed by atoms with van der Waals surface area (Å²) in [5.41, 5.74) is 1.61. The van der Waals surface area contributed by atoms with Crippen LogP contribution in [0.5, 0.6) is 0 Å². The molecule has 0 saturated carbocycles. The molecule has 7 nitrogen and oxygen atoms in total. The van der Waals surface area contributed by atoms with Crippen LogP contribution in [-0.2, 0) is 17.5 Å². The second-order valence-corrected chi connectivity index (χ2v) is 5.90. The number of nitrogens with two attached hydrogens (primary N) is 1. The molecule has 2 rings (SSSR count). The van der Waals surface area contributed by atoms with Crippen molar-refractivity contribution in [1.29, 1.82) is 0 Å². The fourth-order valence-corrected chi connectivity index (χ4v) is 2.40. The van der Waals surface area contributed by atoms with E-state index in [-0.39, 0.29) is 24.4 Å². The highest BCUT2D eigenvalue weighted by atomic mass is 19.4. The fraction of sp³-hybridized carbons (Fsp3) is 0.278. The molecule has 0 radical (unpaired) electrons. The maximum Gasteiger partial charge on any atom is 0.416 e. The van der Waals surface area contributed by atoms with Gasteiger partial charge in [-0.2, -0.15) is 13.2 Å². The smallest absolute Gasteiger partial charge is 0.416 e. The molecule has 0 aliphatic carbocycles. The van der Waals surface area contributed by atoms with Gasteiger partial charge in [0.25, 0.3) is 0 Å². The van der Waals surface area contributed by atoms with E-state index in [4.69, 9.17) is 10.6 Å². The monoisotopic (exact) mass is 399 g/mol. The van der Waals surface area contributed by atoms with Crippen LogP contribution in [0.1, 0.15) is 22.8 Å². The fourth-order valence-electron chi connectivity index (χ4n) is 2.40. The van der Waals surface area contributed by atoms with Gasteiger partial charge in [-0.25, -0.2) is 4.79 Å². The van der Waals surface area contributed by atoms with Gasteiger partial charge in [0.15, 0.2) is 0 Å². The third-order valence-corrected chi connectivity index (χ3v) is 3.89. The SMILES string of the molecule is NNc1cc(C(F)(F)F)ccc1C(O)C(O)CNC(=O)OCc1ccccc1. The number of benzene rings is 2. The van der Waals surface area contributed by atoms with Gasteiger partial charge in [-0.3, -0.25) is 5.84 Å². The van der Waals surface area contributed by atoms with Gasteiger partial charge >= 0.3 is 12.3 Å². The molecule has 0 aliphatic rings. The molecule has 0 spiro atoms. The molecule has 10 heteroatoms. The highest BCUT2D eigenvalue weighted by molar-refractivity contribution is 5.67. The number of nitrogens with one attached hydrogen (secondary N) is 2. The first-order valence-corrected chi connectivity index (χ1v) is 8.21. The van der Waals surface area contributed by atoms with Crippen LogP contribution in [0.4, 0.5) is 23.7 Å². The third kappa shape index (κ3) is 5.84. The highest BCUT2D eigenvalue weighted by Gasteiger charge is 2.32. The predicted octanol–water partition coefficient (Wildman–Crippen LogP) is 2.31. The van der Waals surface area contributed by atoms with Gasteiger partial charge in [-0.15, -0.1) is 0 Å². The Kier molecular flexibility index (Phi) is 7.21. The van der Waals surface area contributed by atoms with Crippen molar-refractivity contribution in [3.05, 3.63) is 65.2 Å². The number of rotatable bonds is 7. The van der Waals surface area contributed by atoms with Gasteiger partial charge in [0.05, 0.1) is 11.3 Å². The van der Waals surface area contributed by atoms with Crippen LogP contribution in [0.3, 0.4) is 0 Å². The summed E-state index contributed by atoms with van der Waals surface area (Å²) in [4.78, 5) is 11.7. The molecule has 2 aromatic carbocycles. The van der Waals surface area contributed by atoms with Gasteiger partial charge in [0.2, 0.25) is 0 Å². The van der Waals surface area contributed by atoms with Crippen molar-refractivity contribution in [3.63, 3.8) is 0 Å². The van der Waals surface area contributed by atoms with E-state index in [1.807, 2.05) is 6.07 Å². The Balaban J connectivity index is 1.93. The number of carbonyl (C=O) groups excluding carboxylic acids is 1. The van der Waals surface area contributed by atoms with E-state index in [0.717, 1.165) is 17.7 Å². The summed E-state index contributed by atoms with van der Waals surface area (Å²) in [7, 11) is 0. The summed E-state index contributed by atoms with van der Waals surface area (Å²) in [6.07, 6.45) is -8.51. The number of hydrogen-bond acceptors (Lipinski definition) is 6. The van der Waals surface area contributed by atoms with Gasteiger partial charge in [0, 0.05) is 12.1 Å². The molecular weight excluding hydrogens is 379 g/mol. The molecule has 2 unspecified atom stereocenters. The van der Waals surface area contributed by atoms with Crippen molar-refractivity contribution >= 4 is 11.8 Å². The first kappa shape index (κ1) is 21.5. The second kappa shape index (κ2) is 9.40. The predicted molar refractivity (Wildman–Crippen MR) is 94.9 cm³/mol. The Labute approximate surface area is 158 Å². The Morgan fingerprint density at radius 2 is 1.82 bits per heavy atom. The average molecular weight is 399 g/mol. The quantitative estimate of drug-likeness (QED) is 0.360. The zero-order valence-electron chi connectivity index (χ0n) is 14.6. The largest absolute Gasteiger partial charge is 0.445 e. The van der Waals surface area contributed by atoms with E-state index in [1.165, 1.54) is 0 Å². The first-order valence-electron chi connectivity index (χ1n) is 8.21. The van der Waals surface area contributed by atoms with E-state index in [0.29, 0.717) is 6.07 Å². The molecule has 0 heterocycles. The lowest BCUT2D eigenvalue weighted by molar-refractivity contribution is -0.137. The Bertz CT molecular complexity index is 787. The molecule has 0 fully saturated rings. The Morgan fingerprint density at radius 3 is 2.43 bits per heavy atom. The number of alkyl halides is 3. The topological polar surface area (TPSA) is 117 Å². The molecule has 0 aromatic heterocycles. The third-order valence-electron chi connectivity index (χ3n) is 3.89. The van der Waals surface area contributed by atoms with Crippen molar-refractivity contribution in [3.8, 4) is 0 Å². The van der Waals surface area contributed by atoms with E-state index >= 15 is 0 Å². The number of nitrogen functional groups attached to an aromatic ring is 1. The summed E-state index contributed by atoms with van der Waals surface area (Å²) in [6, 6.07) is 11.4. The van der Waals surface area contributed by atoms with E-state index in [2.05, 4.69) is 10.7 Å². The van der Waals surface area contributed by atoms with Crippen molar-refractivity contribution < 1.29 is 32.9 Å². The Hall–Kier alpha value is -2.82. The molecule has 152 valence electrons. The molecule has 2 atom stereocenters. The molecule has 0 saturated heterocycles. The summed E-state index contributed by atoms with van der Waals surface area (Å²) < 4.78 is 43.2. The number of aliphatic hydroxyl groups is 2. The molecule has 6 N–H and O–H groups in total. The van der Waals surface area contributed by atoms with Crippen molar-refractivity contribution in [2.24, 2.45) is 5.84 Å². The van der Waals surface area contributed by atoms with Crippen LogP contribution < -0.4 is 16.6 Å². The average Bonchev–Trinajstić information content (AvgIpc) is 2.69. The lowest BCUT2D eigenvalue weighted by Crippen LogP contribution is -2.36. The normalized spacial score (nSPS) is 13.5. The van der Waals surface area contributed by atoms with Gasteiger partial charge < -0.3 is 25.7 Å². The first-order chi connectivity index (χ1) is 13.2. The number of ether oxygens (including phenoxy) is 1. The summed E-state index contributed by atoms with van der Waals surface area (Å²) in [5, 5.41) is 22.5. The minimum Gasteiger partial charge on any atom is -0.445 e. The standard InChI is InChI=1S/C18H20F3N3O4/c19-18(20,21)12-6-7-13(14(8-12)24-22)16(26)15(25)9-23-17(27)28-10-11-4-2-1-3-5-11/h1-8,15-16,24-26H,9-10,22H2,(H,23,27). The zero-order chi connectivity index (χ0) is 20.7. The molecule has 1 amide bonds. The van der Waals surface area contributed by atoms with Crippen LogP contribution in [0, 0.1) is 0 Å². The van der Waals surface area contributed by atoms with Crippen LogP contribution in [0.2, 0.25) is 0 Å². The molecule has 2 aromatic rings. The minimum atomic E-state index is -4.59. The molecule has 0 aliphatic heterocycles. The van der Waals surface area contributed by atoms with Gasteiger partial charge in [0.1, 0.15) is 18.8 Å². The summed E-state index contributed by atoms with van der Waals surface area (Å²) in [6.45, 7) is -0.370. The van der Waals surface area contributed by atoms with Crippen molar-refractivity contribution in [2.45, 2.75) is 25.0 Å². The number of anilines is 1. The highest BCUT2D eigenvalue weighted by Crippen LogP contribution is 2.34. The molecular formula is C18H20F3N3O4. The van der Waals surface area contributed by atoms with Gasteiger partial charge in [-0.05, 0) is 17.7 Å². The molecule has 0 bridgehead atoms. The lowest BCUT2D eigenvalue weighted by Gasteiger charge is -2.22. The number of hydrogen-bond donors (Lipinski definition) is 5. The maximum absolute atomic E-state index is 12.8. The van der Waals surface area contributed by atoms with E-state index in [9.17, 15) is 28.2 Å². The number of alkyl carbamates (subject to hydrolysis) is 1. The van der Waals surface area contributed by atoms with Crippen molar-refractivity contribution in [1.82, 2.24) is 5.32 Å². The minimum absolute atomic E-state index is 0.0193. The van der Waals surface area contributed by atoms with Crippen LogP contribution in [-0.4, -0.2) is 29.0 Å². The molecule has 28 heavy (non-hydrogen) atoms. The Morgan fingerprint density at radius 1 is 1.14 bits per heavy atom.